The lowest BCUT2D eigenvalue weighted by Gasteiger charge is -2.12. The first-order chi connectivity index (χ1) is 7.22. The topological polar surface area (TPSA) is 0 Å². The summed E-state index contributed by atoms with van der Waals surface area (Å²) in [5.74, 6) is 4.04. The Morgan fingerprint density at radius 3 is 2.40 bits per heavy atom. The Bertz CT molecular complexity index is 303. The second kappa shape index (κ2) is 6.30. The first kappa shape index (κ1) is 11.9. The predicted octanol–water partition coefficient (Wildman–Crippen LogP) is 3.91. The van der Waals surface area contributed by atoms with Gasteiger partial charge in [-0.25, -0.2) is 0 Å². The zero-order chi connectivity index (χ0) is 11.1. The summed E-state index contributed by atoms with van der Waals surface area (Å²) in [6.45, 7) is 4.46. The molecule has 0 aromatic heterocycles. The van der Waals surface area contributed by atoms with E-state index in [1.54, 1.807) is 0 Å². The van der Waals surface area contributed by atoms with Crippen LogP contribution in [0.3, 0.4) is 0 Å². The number of hydrogen-bond acceptors (Lipinski definition) is 0. The van der Waals surface area contributed by atoms with Gasteiger partial charge in [0, 0.05) is 5.92 Å². The Balaban J connectivity index is 2.39. The Morgan fingerprint density at radius 2 is 1.87 bits per heavy atom. The average Bonchev–Trinajstić information content (AvgIpc) is 2.25. The lowest BCUT2D eigenvalue weighted by atomic mass is 9.92. The van der Waals surface area contributed by atoms with E-state index in [0.717, 1.165) is 19.3 Å². The monoisotopic (exact) mass is 200 g/mol. The van der Waals surface area contributed by atoms with Gasteiger partial charge in [-0.15, -0.1) is 12.3 Å². The zero-order valence-electron chi connectivity index (χ0n) is 9.74. The van der Waals surface area contributed by atoms with Gasteiger partial charge in [0.25, 0.3) is 0 Å². The molecule has 1 aromatic rings. The van der Waals surface area contributed by atoms with E-state index in [1.165, 1.54) is 5.56 Å². The van der Waals surface area contributed by atoms with Crippen LogP contribution >= 0.6 is 0 Å². The highest BCUT2D eigenvalue weighted by Crippen LogP contribution is 2.17. The second-order valence-electron chi connectivity index (χ2n) is 4.52. The van der Waals surface area contributed by atoms with E-state index in [9.17, 15) is 0 Å². The van der Waals surface area contributed by atoms with E-state index in [4.69, 9.17) is 6.42 Å². The SMILES string of the molecule is C#CC(CCc1ccccc1)CC(C)C. The maximum Gasteiger partial charge on any atom is 0.0205 e. The summed E-state index contributed by atoms with van der Waals surface area (Å²) in [6.07, 6.45) is 8.89. The summed E-state index contributed by atoms with van der Waals surface area (Å²) in [5.41, 5.74) is 1.39. The van der Waals surface area contributed by atoms with Crippen LogP contribution in [0.4, 0.5) is 0 Å². The first-order valence-electron chi connectivity index (χ1n) is 5.72. The van der Waals surface area contributed by atoms with Crippen molar-refractivity contribution in [1.82, 2.24) is 0 Å². The van der Waals surface area contributed by atoms with Crippen molar-refractivity contribution in [3.05, 3.63) is 35.9 Å². The molecule has 80 valence electrons. The largest absolute Gasteiger partial charge is 0.120 e. The Morgan fingerprint density at radius 1 is 1.20 bits per heavy atom. The minimum Gasteiger partial charge on any atom is -0.120 e. The predicted molar refractivity (Wildman–Crippen MR) is 66.5 cm³/mol. The summed E-state index contributed by atoms with van der Waals surface area (Å²) in [7, 11) is 0. The van der Waals surface area contributed by atoms with E-state index < -0.39 is 0 Å². The third-order valence-electron chi connectivity index (χ3n) is 2.62. The molecule has 15 heavy (non-hydrogen) atoms. The molecule has 0 N–H and O–H groups in total. The molecule has 0 saturated carbocycles. The van der Waals surface area contributed by atoms with Crippen molar-refractivity contribution in [1.29, 1.82) is 0 Å². The molecule has 1 atom stereocenters. The van der Waals surface area contributed by atoms with Crippen molar-refractivity contribution in [2.75, 3.05) is 0 Å². The van der Waals surface area contributed by atoms with Crippen molar-refractivity contribution >= 4 is 0 Å². The van der Waals surface area contributed by atoms with E-state index in [0.29, 0.717) is 11.8 Å². The maximum absolute atomic E-state index is 5.54. The third-order valence-corrected chi connectivity index (χ3v) is 2.62. The van der Waals surface area contributed by atoms with Gasteiger partial charge >= 0.3 is 0 Å². The quantitative estimate of drug-likeness (QED) is 0.632. The summed E-state index contributed by atoms with van der Waals surface area (Å²) in [4.78, 5) is 0. The van der Waals surface area contributed by atoms with Crippen LogP contribution in [0.2, 0.25) is 0 Å². The van der Waals surface area contributed by atoms with Crippen molar-refractivity contribution in [3.8, 4) is 12.3 Å². The number of terminal acetylenes is 1. The molecule has 1 aromatic carbocycles. The normalized spacial score (nSPS) is 12.4. The molecule has 0 aliphatic carbocycles. The summed E-state index contributed by atoms with van der Waals surface area (Å²) in [5, 5.41) is 0. The van der Waals surface area contributed by atoms with Crippen LogP contribution in [-0.2, 0) is 6.42 Å². The van der Waals surface area contributed by atoms with Crippen LogP contribution in [0.5, 0.6) is 0 Å². The van der Waals surface area contributed by atoms with E-state index >= 15 is 0 Å². The Labute approximate surface area is 93.7 Å². The molecule has 0 bridgehead atoms. The van der Waals surface area contributed by atoms with Crippen LogP contribution in [-0.4, -0.2) is 0 Å². The molecular weight excluding hydrogens is 180 g/mol. The fraction of sp³-hybridized carbons (Fsp3) is 0.467. The molecule has 0 spiro atoms. The molecule has 0 nitrogen and oxygen atoms in total. The van der Waals surface area contributed by atoms with Gasteiger partial charge in [0.1, 0.15) is 0 Å². The fourth-order valence-electron chi connectivity index (χ4n) is 1.82. The van der Waals surface area contributed by atoms with Crippen molar-refractivity contribution < 1.29 is 0 Å². The van der Waals surface area contributed by atoms with E-state index in [2.05, 4.69) is 50.1 Å². The highest BCUT2D eigenvalue weighted by atomic mass is 14.1. The molecule has 0 saturated heterocycles. The highest BCUT2D eigenvalue weighted by molar-refractivity contribution is 5.15. The summed E-state index contributed by atoms with van der Waals surface area (Å²) in [6, 6.07) is 10.6. The lowest BCUT2D eigenvalue weighted by Crippen LogP contribution is -2.03. The number of aryl methyl sites for hydroxylation is 1. The molecule has 0 aliphatic heterocycles. The van der Waals surface area contributed by atoms with Gasteiger partial charge in [-0.2, -0.15) is 0 Å². The van der Waals surface area contributed by atoms with E-state index in [1.807, 2.05) is 0 Å². The van der Waals surface area contributed by atoms with Gasteiger partial charge in [-0.1, -0.05) is 44.2 Å². The summed E-state index contributed by atoms with van der Waals surface area (Å²) >= 11 is 0. The fourth-order valence-corrected chi connectivity index (χ4v) is 1.82. The zero-order valence-corrected chi connectivity index (χ0v) is 9.74. The smallest absolute Gasteiger partial charge is 0.0205 e. The molecule has 0 heteroatoms. The van der Waals surface area contributed by atoms with Crippen LogP contribution in [0.1, 0.15) is 32.3 Å². The molecule has 0 fully saturated rings. The molecule has 0 radical (unpaired) electrons. The first-order valence-corrected chi connectivity index (χ1v) is 5.72. The standard InChI is InChI=1S/C15H20/c1-4-14(12-13(2)3)10-11-15-8-6-5-7-9-15/h1,5-9,13-14H,10-12H2,2-3H3. The lowest BCUT2D eigenvalue weighted by molar-refractivity contribution is 0.463. The van der Waals surface area contributed by atoms with Gasteiger partial charge in [0.15, 0.2) is 0 Å². The van der Waals surface area contributed by atoms with Crippen molar-refractivity contribution in [2.45, 2.75) is 33.1 Å². The number of rotatable bonds is 5. The average molecular weight is 200 g/mol. The molecule has 0 amide bonds. The number of hydrogen-bond donors (Lipinski definition) is 0. The Kier molecular flexibility index (Phi) is 4.98. The van der Waals surface area contributed by atoms with Gasteiger partial charge in [0.05, 0.1) is 0 Å². The molecule has 1 rings (SSSR count). The van der Waals surface area contributed by atoms with Crippen LogP contribution in [0, 0.1) is 24.2 Å². The highest BCUT2D eigenvalue weighted by Gasteiger charge is 2.07. The Hall–Kier alpha value is -1.22. The molecule has 0 aliphatic rings. The van der Waals surface area contributed by atoms with Gasteiger partial charge in [-0.05, 0) is 30.7 Å². The van der Waals surface area contributed by atoms with Crippen LogP contribution < -0.4 is 0 Å². The van der Waals surface area contributed by atoms with Crippen LogP contribution in [0.15, 0.2) is 30.3 Å². The van der Waals surface area contributed by atoms with Gasteiger partial charge < -0.3 is 0 Å². The minimum absolute atomic E-state index is 0.435. The number of benzene rings is 1. The van der Waals surface area contributed by atoms with E-state index in [-0.39, 0.29) is 0 Å². The van der Waals surface area contributed by atoms with Crippen molar-refractivity contribution in [2.24, 2.45) is 11.8 Å². The van der Waals surface area contributed by atoms with Crippen LogP contribution in [0.25, 0.3) is 0 Å². The molecule has 0 heterocycles. The molecular formula is C15H20. The third kappa shape index (κ3) is 4.70. The van der Waals surface area contributed by atoms with Gasteiger partial charge in [-0.3, -0.25) is 0 Å². The maximum atomic E-state index is 5.54. The van der Waals surface area contributed by atoms with Crippen molar-refractivity contribution in [3.63, 3.8) is 0 Å². The van der Waals surface area contributed by atoms with Gasteiger partial charge in [0.2, 0.25) is 0 Å². The minimum atomic E-state index is 0.435. The summed E-state index contributed by atoms with van der Waals surface area (Å²) < 4.78 is 0. The second-order valence-corrected chi connectivity index (χ2v) is 4.52. The molecule has 1 unspecified atom stereocenters.